The van der Waals surface area contributed by atoms with Crippen molar-refractivity contribution >= 4 is 22.8 Å². The van der Waals surface area contributed by atoms with Gasteiger partial charge in [0.25, 0.3) is 0 Å². The van der Waals surface area contributed by atoms with Crippen molar-refractivity contribution in [1.82, 2.24) is 24.7 Å². The minimum absolute atomic E-state index is 0.732. The number of benzene rings is 2. The van der Waals surface area contributed by atoms with Gasteiger partial charge in [0.05, 0.1) is 16.8 Å². The molecule has 2 aromatic heterocycles. The molecule has 0 aliphatic heterocycles. The maximum absolute atomic E-state index is 4.59. The van der Waals surface area contributed by atoms with E-state index in [-0.39, 0.29) is 0 Å². The van der Waals surface area contributed by atoms with Gasteiger partial charge >= 0.3 is 0 Å². The fourth-order valence-electron chi connectivity index (χ4n) is 2.49. The van der Waals surface area contributed by atoms with Crippen LogP contribution in [0.3, 0.4) is 0 Å². The number of imidazole rings is 1. The summed E-state index contributed by atoms with van der Waals surface area (Å²) in [5.74, 6) is 2.55. The van der Waals surface area contributed by atoms with Crippen LogP contribution >= 0.6 is 11.8 Å². The number of hydrogen-bond acceptors (Lipinski definition) is 4. The largest absolute Gasteiger partial charge is 0.341 e. The molecule has 2 heterocycles. The third kappa shape index (κ3) is 2.73. The van der Waals surface area contributed by atoms with Gasteiger partial charge in [0.2, 0.25) is 0 Å². The van der Waals surface area contributed by atoms with Crippen molar-refractivity contribution in [2.24, 2.45) is 7.05 Å². The Bertz CT molecular complexity index is 909. The zero-order valence-corrected chi connectivity index (χ0v) is 13.4. The van der Waals surface area contributed by atoms with E-state index in [1.165, 1.54) is 0 Å². The lowest BCUT2D eigenvalue weighted by atomic mass is 10.2. The van der Waals surface area contributed by atoms with Gasteiger partial charge in [0.1, 0.15) is 5.82 Å². The third-order valence-electron chi connectivity index (χ3n) is 3.64. The lowest BCUT2D eigenvalue weighted by molar-refractivity contribution is 0.793. The second-order valence-electron chi connectivity index (χ2n) is 5.22. The molecular formula is C17H15N5S. The molecule has 2 aromatic carbocycles. The van der Waals surface area contributed by atoms with Crippen LogP contribution in [-0.4, -0.2) is 24.7 Å². The summed E-state index contributed by atoms with van der Waals surface area (Å²) >= 11 is 1.63. The van der Waals surface area contributed by atoms with Crippen LogP contribution in [0.2, 0.25) is 0 Å². The second-order valence-corrected chi connectivity index (χ2v) is 6.16. The maximum Gasteiger partial charge on any atom is 0.191 e. The Kier molecular flexibility index (Phi) is 3.59. The van der Waals surface area contributed by atoms with Crippen molar-refractivity contribution in [3.8, 4) is 11.4 Å². The number of aromatic amines is 1. The first-order valence-electron chi connectivity index (χ1n) is 7.32. The van der Waals surface area contributed by atoms with Crippen LogP contribution in [0.4, 0.5) is 0 Å². The summed E-state index contributed by atoms with van der Waals surface area (Å²) in [6.45, 7) is 0. The fourth-order valence-corrected chi connectivity index (χ4v) is 3.27. The average molecular weight is 321 g/mol. The van der Waals surface area contributed by atoms with Gasteiger partial charge in [-0.1, -0.05) is 54.2 Å². The van der Waals surface area contributed by atoms with E-state index in [0.29, 0.717) is 0 Å². The molecule has 6 heteroatoms. The predicted molar refractivity (Wildman–Crippen MR) is 92.1 cm³/mol. The minimum Gasteiger partial charge on any atom is -0.341 e. The molecule has 0 saturated carbocycles. The number of aromatic nitrogens is 5. The van der Waals surface area contributed by atoms with Gasteiger partial charge in [-0.2, -0.15) is 0 Å². The van der Waals surface area contributed by atoms with E-state index in [1.54, 1.807) is 11.8 Å². The molecule has 0 spiro atoms. The van der Waals surface area contributed by atoms with E-state index in [1.807, 2.05) is 66.2 Å². The Morgan fingerprint density at radius 2 is 1.78 bits per heavy atom. The normalized spacial score (nSPS) is 11.2. The van der Waals surface area contributed by atoms with Crippen molar-refractivity contribution < 1.29 is 0 Å². The lowest BCUT2D eigenvalue weighted by Crippen LogP contribution is -1.95. The van der Waals surface area contributed by atoms with Gasteiger partial charge in [0, 0.05) is 12.6 Å². The fraction of sp³-hybridized carbons (Fsp3) is 0.118. The van der Waals surface area contributed by atoms with Crippen LogP contribution in [0.25, 0.3) is 22.4 Å². The molecule has 23 heavy (non-hydrogen) atoms. The van der Waals surface area contributed by atoms with Crippen molar-refractivity contribution in [1.29, 1.82) is 0 Å². The molecule has 114 valence electrons. The summed E-state index contributed by atoms with van der Waals surface area (Å²) in [7, 11) is 1.99. The predicted octanol–water partition coefficient (Wildman–Crippen LogP) is 3.65. The number of nitrogens with zero attached hydrogens (tertiary/aromatic N) is 4. The number of fused-ring (bicyclic) bond motifs is 1. The van der Waals surface area contributed by atoms with Gasteiger partial charge in [-0.3, -0.25) is 0 Å². The molecule has 0 amide bonds. The van der Waals surface area contributed by atoms with Crippen molar-refractivity contribution in [2.75, 3.05) is 0 Å². The van der Waals surface area contributed by atoms with Gasteiger partial charge in [0.15, 0.2) is 11.0 Å². The SMILES string of the molecule is Cn1c(SCc2nc3ccccc3[nH]2)nnc1-c1ccccc1. The molecule has 0 bridgehead atoms. The summed E-state index contributed by atoms with van der Waals surface area (Å²) < 4.78 is 2.02. The smallest absolute Gasteiger partial charge is 0.191 e. The molecule has 5 nitrogen and oxygen atoms in total. The Labute approximate surface area is 137 Å². The van der Waals surface area contributed by atoms with E-state index < -0.39 is 0 Å². The van der Waals surface area contributed by atoms with E-state index in [9.17, 15) is 0 Å². The number of H-pyrrole nitrogens is 1. The standard InChI is InChI=1S/C17H15N5S/c1-22-16(12-7-3-2-4-8-12)20-21-17(22)23-11-15-18-13-9-5-6-10-14(13)19-15/h2-10H,11H2,1H3,(H,18,19). The number of para-hydroxylation sites is 2. The van der Waals surface area contributed by atoms with Crippen molar-refractivity contribution in [3.63, 3.8) is 0 Å². The summed E-state index contributed by atoms with van der Waals surface area (Å²) in [5, 5.41) is 9.48. The molecule has 0 unspecified atom stereocenters. The van der Waals surface area contributed by atoms with Gasteiger partial charge in [-0.25, -0.2) is 4.98 Å². The highest BCUT2D eigenvalue weighted by atomic mass is 32.2. The molecule has 0 radical (unpaired) electrons. The Hall–Kier alpha value is -2.60. The summed E-state index contributed by atoms with van der Waals surface area (Å²) in [4.78, 5) is 7.92. The number of thioether (sulfide) groups is 1. The highest BCUT2D eigenvalue weighted by Crippen LogP contribution is 2.25. The molecule has 0 fully saturated rings. The van der Waals surface area contributed by atoms with E-state index in [2.05, 4.69) is 20.2 Å². The van der Waals surface area contributed by atoms with Crippen molar-refractivity contribution in [2.45, 2.75) is 10.9 Å². The summed E-state index contributed by atoms with van der Waals surface area (Å²) in [5.41, 5.74) is 3.12. The zero-order chi connectivity index (χ0) is 15.6. The number of rotatable bonds is 4. The quantitative estimate of drug-likeness (QED) is 0.583. The molecule has 0 saturated heterocycles. The van der Waals surface area contributed by atoms with E-state index in [4.69, 9.17) is 0 Å². The van der Waals surface area contributed by atoms with Crippen LogP contribution in [0, 0.1) is 0 Å². The average Bonchev–Trinajstić information content (AvgIpc) is 3.17. The van der Waals surface area contributed by atoms with Crippen LogP contribution < -0.4 is 0 Å². The molecular weight excluding hydrogens is 306 g/mol. The van der Waals surface area contributed by atoms with E-state index in [0.717, 1.165) is 39.2 Å². The molecule has 0 aliphatic carbocycles. The topological polar surface area (TPSA) is 59.4 Å². The second kappa shape index (κ2) is 5.89. The minimum atomic E-state index is 0.732. The Morgan fingerprint density at radius 3 is 2.61 bits per heavy atom. The van der Waals surface area contributed by atoms with Crippen LogP contribution in [0.5, 0.6) is 0 Å². The van der Waals surface area contributed by atoms with Gasteiger partial charge in [-0.05, 0) is 12.1 Å². The van der Waals surface area contributed by atoms with Gasteiger partial charge < -0.3 is 9.55 Å². The molecule has 4 aromatic rings. The summed E-state index contributed by atoms with van der Waals surface area (Å²) in [6, 6.07) is 18.1. The van der Waals surface area contributed by atoms with Gasteiger partial charge in [-0.15, -0.1) is 10.2 Å². The molecule has 0 aliphatic rings. The molecule has 0 atom stereocenters. The molecule has 4 rings (SSSR count). The zero-order valence-electron chi connectivity index (χ0n) is 12.6. The maximum atomic E-state index is 4.59. The van der Waals surface area contributed by atoms with E-state index >= 15 is 0 Å². The number of hydrogen-bond donors (Lipinski definition) is 1. The highest BCUT2D eigenvalue weighted by Gasteiger charge is 2.12. The lowest BCUT2D eigenvalue weighted by Gasteiger charge is -2.02. The Balaban J connectivity index is 1.54. The monoisotopic (exact) mass is 321 g/mol. The first-order chi connectivity index (χ1) is 11.3. The van der Waals surface area contributed by atoms with Crippen LogP contribution in [-0.2, 0) is 12.8 Å². The van der Waals surface area contributed by atoms with Crippen LogP contribution in [0.1, 0.15) is 5.82 Å². The summed E-state index contributed by atoms with van der Waals surface area (Å²) in [6.07, 6.45) is 0. The number of nitrogens with one attached hydrogen (secondary N) is 1. The molecule has 1 N–H and O–H groups in total. The highest BCUT2D eigenvalue weighted by molar-refractivity contribution is 7.98. The first kappa shape index (κ1) is 14.0. The van der Waals surface area contributed by atoms with Crippen molar-refractivity contribution in [3.05, 3.63) is 60.4 Å². The first-order valence-corrected chi connectivity index (χ1v) is 8.31. The third-order valence-corrected chi connectivity index (χ3v) is 4.67. The van der Waals surface area contributed by atoms with Crippen LogP contribution in [0.15, 0.2) is 59.8 Å². The Morgan fingerprint density at radius 1 is 1.00 bits per heavy atom.